The van der Waals surface area contributed by atoms with Crippen molar-refractivity contribution in [2.45, 2.75) is 6.04 Å². The fraction of sp³-hybridized carbons (Fsp3) is 0.500. The second-order valence-corrected chi connectivity index (χ2v) is 6.39. The molecule has 0 spiro atoms. The molecule has 1 aromatic heterocycles. The number of benzene rings is 1. The molecule has 2 heterocycles. The van der Waals surface area contributed by atoms with Gasteiger partial charge in [0.25, 0.3) is 0 Å². The molecule has 0 radical (unpaired) electrons. The number of thiazole rings is 1. The monoisotopic (exact) mass is 291 g/mol. The number of fused-ring (bicyclic) bond motifs is 1. The van der Waals surface area contributed by atoms with Gasteiger partial charge in [-0.3, -0.25) is 4.90 Å². The number of hydrogen-bond acceptors (Lipinski definition) is 6. The third-order valence-corrected chi connectivity index (χ3v) is 4.84. The van der Waals surface area contributed by atoms with Crippen molar-refractivity contribution in [3.8, 4) is 0 Å². The fourth-order valence-electron chi connectivity index (χ4n) is 2.66. The number of hydrogen-bond donors (Lipinski definition) is 2. The number of nitrogens with zero attached hydrogens (tertiary/aromatic N) is 3. The normalized spacial score (nSPS) is 21.4. The summed E-state index contributed by atoms with van der Waals surface area (Å²) in [5, 5.41) is 3.49. The molecule has 1 unspecified atom stereocenters. The maximum atomic E-state index is 6.20. The number of anilines is 2. The summed E-state index contributed by atoms with van der Waals surface area (Å²) in [5.41, 5.74) is 10.7. The Morgan fingerprint density at radius 2 is 2.25 bits per heavy atom. The molecule has 0 aliphatic carbocycles. The molecule has 2 aromatic rings. The van der Waals surface area contributed by atoms with Gasteiger partial charge in [0.2, 0.25) is 0 Å². The van der Waals surface area contributed by atoms with Crippen LogP contribution in [0.1, 0.15) is 0 Å². The number of nitrogens with one attached hydrogen (secondary N) is 1. The first kappa shape index (κ1) is 13.6. The van der Waals surface area contributed by atoms with Crippen molar-refractivity contribution in [2.75, 3.05) is 51.3 Å². The van der Waals surface area contributed by atoms with Gasteiger partial charge in [0, 0.05) is 32.2 Å². The van der Waals surface area contributed by atoms with Gasteiger partial charge in [-0.15, -0.1) is 11.3 Å². The Labute approximate surface area is 123 Å². The summed E-state index contributed by atoms with van der Waals surface area (Å²) in [5.74, 6) is 0. The van der Waals surface area contributed by atoms with Crippen molar-refractivity contribution < 1.29 is 0 Å². The SMILES string of the molecule is CN1CCN(C)C(CNc2ccc3scnc3c2N)C1. The van der Waals surface area contributed by atoms with Crippen LogP contribution in [0.4, 0.5) is 11.4 Å². The van der Waals surface area contributed by atoms with Gasteiger partial charge >= 0.3 is 0 Å². The Morgan fingerprint density at radius 1 is 1.40 bits per heavy atom. The van der Waals surface area contributed by atoms with Crippen LogP contribution in [0.15, 0.2) is 17.6 Å². The largest absolute Gasteiger partial charge is 0.395 e. The zero-order valence-electron chi connectivity index (χ0n) is 12.0. The molecule has 3 N–H and O–H groups in total. The highest BCUT2D eigenvalue weighted by molar-refractivity contribution is 7.16. The van der Waals surface area contributed by atoms with Crippen LogP contribution < -0.4 is 11.1 Å². The maximum Gasteiger partial charge on any atom is 0.106 e. The van der Waals surface area contributed by atoms with Gasteiger partial charge in [0.15, 0.2) is 0 Å². The minimum absolute atomic E-state index is 0.513. The summed E-state index contributed by atoms with van der Waals surface area (Å²) >= 11 is 1.62. The summed E-state index contributed by atoms with van der Waals surface area (Å²) in [6.45, 7) is 4.24. The molecule has 6 heteroatoms. The van der Waals surface area contributed by atoms with Gasteiger partial charge in [0.05, 0.1) is 21.6 Å². The van der Waals surface area contributed by atoms with Gasteiger partial charge in [-0.1, -0.05) is 0 Å². The molecule has 108 valence electrons. The first-order valence-electron chi connectivity index (χ1n) is 6.89. The van der Waals surface area contributed by atoms with Crippen molar-refractivity contribution in [1.29, 1.82) is 0 Å². The number of rotatable bonds is 3. The zero-order valence-corrected chi connectivity index (χ0v) is 12.8. The molecule has 0 bridgehead atoms. The Hall–Kier alpha value is -1.37. The minimum Gasteiger partial charge on any atom is -0.395 e. The summed E-state index contributed by atoms with van der Waals surface area (Å²) in [6, 6.07) is 4.66. The molecule has 0 saturated carbocycles. The third kappa shape index (κ3) is 2.59. The van der Waals surface area contributed by atoms with E-state index in [9.17, 15) is 0 Å². The van der Waals surface area contributed by atoms with Crippen molar-refractivity contribution in [1.82, 2.24) is 14.8 Å². The van der Waals surface area contributed by atoms with Crippen molar-refractivity contribution >= 4 is 32.9 Å². The summed E-state index contributed by atoms with van der Waals surface area (Å²) < 4.78 is 1.14. The Bertz CT molecular complexity index is 596. The highest BCUT2D eigenvalue weighted by Crippen LogP contribution is 2.30. The number of nitrogen functional groups attached to an aromatic ring is 1. The molecule has 5 nitrogen and oxygen atoms in total. The lowest BCUT2D eigenvalue weighted by atomic mass is 10.1. The zero-order chi connectivity index (χ0) is 14.1. The lowest BCUT2D eigenvalue weighted by Crippen LogP contribution is -2.52. The average Bonchev–Trinajstić information content (AvgIpc) is 2.91. The molecule has 3 rings (SSSR count). The molecule has 1 fully saturated rings. The first-order chi connectivity index (χ1) is 9.65. The second-order valence-electron chi connectivity index (χ2n) is 5.50. The molecule has 1 atom stereocenters. The highest BCUT2D eigenvalue weighted by Gasteiger charge is 2.22. The highest BCUT2D eigenvalue weighted by atomic mass is 32.1. The number of likely N-dealkylation sites (N-methyl/N-ethyl adjacent to an activating group) is 2. The number of nitrogens with two attached hydrogens (primary N) is 1. The van der Waals surface area contributed by atoms with E-state index in [0.717, 1.165) is 47.8 Å². The van der Waals surface area contributed by atoms with E-state index >= 15 is 0 Å². The lowest BCUT2D eigenvalue weighted by molar-refractivity contribution is 0.122. The van der Waals surface area contributed by atoms with E-state index < -0.39 is 0 Å². The van der Waals surface area contributed by atoms with Gasteiger partial charge in [0.1, 0.15) is 5.52 Å². The summed E-state index contributed by atoms with van der Waals surface area (Å²) in [7, 11) is 4.36. The van der Waals surface area contributed by atoms with E-state index in [2.05, 4.69) is 46.3 Å². The van der Waals surface area contributed by atoms with Crippen LogP contribution in [-0.4, -0.2) is 61.1 Å². The van der Waals surface area contributed by atoms with Crippen molar-refractivity contribution in [2.24, 2.45) is 0 Å². The predicted octanol–water partition coefficient (Wildman–Crippen LogP) is 1.54. The average molecular weight is 291 g/mol. The van der Waals surface area contributed by atoms with Crippen LogP contribution in [0.25, 0.3) is 10.2 Å². The number of aromatic nitrogens is 1. The smallest absolute Gasteiger partial charge is 0.106 e. The van der Waals surface area contributed by atoms with Gasteiger partial charge in [-0.25, -0.2) is 4.98 Å². The minimum atomic E-state index is 0.513. The van der Waals surface area contributed by atoms with E-state index in [1.54, 1.807) is 11.3 Å². The molecular formula is C14H21N5S. The van der Waals surface area contributed by atoms with Crippen molar-refractivity contribution in [3.63, 3.8) is 0 Å². The molecule has 1 saturated heterocycles. The Balaban J connectivity index is 1.71. The summed E-state index contributed by atoms with van der Waals surface area (Å²) in [4.78, 5) is 9.12. The summed E-state index contributed by atoms with van der Waals surface area (Å²) in [6.07, 6.45) is 0. The number of piperazine rings is 1. The van der Waals surface area contributed by atoms with E-state index in [4.69, 9.17) is 5.73 Å². The van der Waals surface area contributed by atoms with Crippen LogP contribution in [0.2, 0.25) is 0 Å². The van der Waals surface area contributed by atoms with Crippen LogP contribution >= 0.6 is 11.3 Å². The fourth-order valence-corrected chi connectivity index (χ4v) is 3.35. The Kier molecular flexibility index (Phi) is 3.78. The first-order valence-corrected chi connectivity index (χ1v) is 7.77. The van der Waals surface area contributed by atoms with Gasteiger partial charge in [-0.2, -0.15) is 0 Å². The van der Waals surface area contributed by atoms with Gasteiger partial charge < -0.3 is 16.0 Å². The second kappa shape index (κ2) is 5.55. The quantitative estimate of drug-likeness (QED) is 0.840. The van der Waals surface area contributed by atoms with E-state index in [1.165, 1.54) is 0 Å². The molecule has 1 aromatic carbocycles. The standard InChI is InChI=1S/C14H21N5S/c1-18-5-6-19(2)10(8-18)7-16-11-3-4-12-14(13(11)15)17-9-20-12/h3-4,9-10,16H,5-8,15H2,1-2H3. The third-order valence-electron chi connectivity index (χ3n) is 4.05. The van der Waals surface area contributed by atoms with Crippen molar-refractivity contribution in [3.05, 3.63) is 17.6 Å². The van der Waals surface area contributed by atoms with Crippen LogP contribution in [0.3, 0.4) is 0 Å². The maximum absolute atomic E-state index is 6.20. The van der Waals surface area contributed by atoms with Crippen LogP contribution in [-0.2, 0) is 0 Å². The predicted molar refractivity (Wildman–Crippen MR) is 86.4 cm³/mol. The molecular weight excluding hydrogens is 270 g/mol. The van der Waals surface area contributed by atoms with E-state index in [0.29, 0.717) is 6.04 Å². The molecule has 1 aliphatic heterocycles. The van der Waals surface area contributed by atoms with Crippen LogP contribution in [0, 0.1) is 0 Å². The van der Waals surface area contributed by atoms with E-state index in [-0.39, 0.29) is 0 Å². The molecule has 0 amide bonds. The molecule has 1 aliphatic rings. The lowest BCUT2D eigenvalue weighted by Gasteiger charge is -2.38. The van der Waals surface area contributed by atoms with Crippen LogP contribution in [0.5, 0.6) is 0 Å². The van der Waals surface area contributed by atoms with Gasteiger partial charge in [-0.05, 0) is 26.2 Å². The Morgan fingerprint density at radius 3 is 3.10 bits per heavy atom. The molecule has 20 heavy (non-hydrogen) atoms. The van der Waals surface area contributed by atoms with E-state index in [1.807, 2.05) is 5.51 Å². The topological polar surface area (TPSA) is 57.4 Å².